The van der Waals surface area contributed by atoms with Gasteiger partial charge >= 0.3 is 5.97 Å². The number of hydrogen-bond donors (Lipinski definition) is 1. The molecule has 0 bridgehead atoms. The summed E-state index contributed by atoms with van der Waals surface area (Å²) in [6, 6.07) is 17.9. The molecule has 0 aromatic heterocycles. The highest BCUT2D eigenvalue weighted by atomic mass is 16.4. The Labute approximate surface area is 148 Å². The van der Waals surface area contributed by atoms with Crippen molar-refractivity contribution in [1.82, 2.24) is 4.90 Å². The van der Waals surface area contributed by atoms with Crippen LogP contribution in [-0.2, 0) is 4.79 Å². The van der Waals surface area contributed by atoms with E-state index in [-0.39, 0.29) is 18.1 Å². The van der Waals surface area contributed by atoms with Crippen molar-refractivity contribution in [3.05, 3.63) is 60.2 Å². The summed E-state index contributed by atoms with van der Waals surface area (Å²) in [5, 5.41) is 8.82. The molecule has 25 heavy (non-hydrogen) atoms. The zero-order valence-corrected chi connectivity index (χ0v) is 14.2. The van der Waals surface area contributed by atoms with Gasteiger partial charge in [-0.2, -0.15) is 0 Å². The summed E-state index contributed by atoms with van der Waals surface area (Å²) in [4.78, 5) is 25.6. The van der Waals surface area contributed by atoms with Gasteiger partial charge in [0.25, 0.3) is 0 Å². The third-order valence-corrected chi connectivity index (χ3v) is 4.79. The highest BCUT2D eigenvalue weighted by molar-refractivity contribution is 5.98. The first-order valence-electron chi connectivity index (χ1n) is 8.77. The monoisotopic (exact) mass is 337 g/mol. The number of carbonyl (C=O) groups is 2. The molecule has 4 heteroatoms. The number of rotatable bonds is 6. The van der Waals surface area contributed by atoms with Gasteiger partial charge in [-0.05, 0) is 30.5 Å². The van der Waals surface area contributed by atoms with E-state index in [1.807, 2.05) is 42.5 Å². The van der Waals surface area contributed by atoms with Crippen molar-refractivity contribution in [2.75, 3.05) is 19.6 Å². The lowest BCUT2D eigenvalue weighted by Gasteiger charge is -2.31. The standard InChI is InChI=1S/C21H23NO3/c23-20(24)12-14-22-13-4-7-19(15-22)21(25)18-10-8-17(9-11-18)16-5-2-1-3-6-16/h1-3,5-6,8-11,19H,4,7,12-15H2,(H,23,24). The second kappa shape index (κ2) is 8.08. The van der Waals surface area contributed by atoms with Gasteiger partial charge in [0.15, 0.2) is 5.78 Å². The van der Waals surface area contributed by atoms with Crippen molar-refractivity contribution in [2.45, 2.75) is 19.3 Å². The largest absolute Gasteiger partial charge is 0.481 e. The van der Waals surface area contributed by atoms with Crippen LogP contribution in [0.2, 0.25) is 0 Å². The predicted molar refractivity (Wildman–Crippen MR) is 97.6 cm³/mol. The molecule has 1 heterocycles. The Morgan fingerprint density at radius 3 is 2.36 bits per heavy atom. The number of likely N-dealkylation sites (tertiary alicyclic amines) is 1. The molecule has 1 N–H and O–H groups in total. The molecule has 1 aliphatic rings. The second-order valence-electron chi connectivity index (χ2n) is 6.59. The molecule has 3 rings (SSSR count). The molecular formula is C21H23NO3. The maximum atomic E-state index is 12.8. The number of aliphatic carboxylic acids is 1. The summed E-state index contributed by atoms with van der Waals surface area (Å²) >= 11 is 0. The molecule has 1 aliphatic heterocycles. The van der Waals surface area contributed by atoms with E-state index in [1.54, 1.807) is 0 Å². The van der Waals surface area contributed by atoms with E-state index in [9.17, 15) is 9.59 Å². The Balaban J connectivity index is 1.65. The highest BCUT2D eigenvalue weighted by Crippen LogP contribution is 2.24. The van der Waals surface area contributed by atoms with Crippen molar-refractivity contribution >= 4 is 11.8 Å². The third kappa shape index (κ3) is 4.54. The zero-order chi connectivity index (χ0) is 17.6. The van der Waals surface area contributed by atoms with Crippen LogP contribution in [0.3, 0.4) is 0 Å². The van der Waals surface area contributed by atoms with E-state index in [4.69, 9.17) is 5.11 Å². The first-order chi connectivity index (χ1) is 12.1. The van der Waals surface area contributed by atoms with Gasteiger partial charge in [0, 0.05) is 24.6 Å². The maximum absolute atomic E-state index is 12.8. The Morgan fingerprint density at radius 2 is 1.68 bits per heavy atom. The number of ketones is 1. The predicted octanol–water partition coefficient (Wildman–Crippen LogP) is 3.72. The minimum absolute atomic E-state index is 0.0369. The molecule has 2 aromatic carbocycles. The third-order valence-electron chi connectivity index (χ3n) is 4.79. The molecule has 1 saturated heterocycles. The molecule has 0 amide bonds. The topological polar surface area (TPSA) is 57.6 Å². The van der Waals surface area contributed by atoms with E-state index in [0.717, 1.165) is 36.1 Å². The summed E-state index contributed by atoms with van der Waals surface area (Å²) in [6.45, 7) is 2.06. The summed E-state index contributed by atoms with van der Waals surface area (Å²) in [5.74, 6) is -0.658. The number of carbonyl (C=O) groups excluding carboxylic acids is 1. The van der Waals surface area contributed by atoms with Gasteiger partial charge in [0.1, 0.15) is 0 Å². The van der Waals surface area contributed by atoms with Crippen molar-refractivity contribution < 1.29 is 14.7 Å². The van der Waals surface area contributed by atoms with E-state index in [1.165, 1.54) is 0 Å². The molecule has 0 spiro atoms. The lowest BCUT2D eigenvalue weighted by molar-refractivity contribution is -0.137. The van der Waals surface area contributed by atoms with E-state index in [0.29, 0.717) is 13.1 Å². The molecule has 4 nitrogen and oxygen atoms in total. The number of hydrogen-bond acceptors (Lipinski definition) is 3. The van der Waals surface area contributed by atoms with Crippen LogP contribution in [0.4, 0.5) is 0 Å². The number of Topliss-reactive ketones (excluding diaryl/α,β-unsaturated/α-hetero) is 1. The summed E-state index contributed by atoms with van der Waals surface area (Å²) < 4.78 is 0. The van der Waals surface area contributed by atoms with Crippen LogP contribution in [0.25, 0.3) is 11.1 Å². The molecule has 2 aromatic rings. The minimum Gasteiger partial charge on any atom is -0.481 e. The SMILES string of the molecule is O=C(O)CCN1CCCC(C(=O)c2ccc(-c3ccccc3)cc2)C1. The highest BCUT2D eigenvalue weighted by Gasteiger charge is 2.26. The minimum atomic E-state index is -0.787. The number of piperidine rings is 1. The summed E-state index contributed by atoms with van der Waals surface area (Å²) in [6.07, 6.45) is 1.95. The smallest absolute Gasteiger partial charge is 0.304 e. The van der Waals surface area contributed by atoms with Crippen LogP contribution < -0.4 is 0 Å². The lowest BCUT2D eigenvalue weighted by Crippen LogP contribution is -2.39. The first-order valence-corrected chi connectivity index (χ1v) is 8.77. The molecule has 0 aliphatic carbocycles. The van der Waals surface area contributed by atoms with Crippen LogP contribution in [-0.4, -0.2) is 41.4 Å². The number of carboxylic acid groups (broad SMARTS) is 1. The van der Waals surface area contributed by atoms with Crippen LogP contribution in [0, 0.1) is 5.92 Å². The van der Waals surface area contributed by atoms with Gasteiger partial charge in [-0.3, -0.25) is 9.59 Å². The van der Waals surface area contributed by atoms with Crippen LogP contribution in [0.5, 0.6) is 0 Å². The van der Waals surface area contributed by atoms with Gasteiger partial charge in [0.2, 0.25) is 0 Å². The molecule has 130 valence electrons. The normalized spacial score (nSPS) is 18.0. The fourth-order valence-electron chi connectivity index (χ4n) is 3.42. The zero-order valence-electron chi connectivity index (χ0n) is 14.2. The van der Waals surface area contributed by atoms with Crippen LogP contribution in [0.1, 0.15) is 29.6 Å². The molecule has 1 fully saturated rings. The molecule has 1 unspecified atom stereocenters. The summed E-state index contributed by atoms with van der Waals surface area (Å²) in [7, 11) is 0. The van der Waals surface area contributed by atoms with Crippen LogP contribution >= 0.6 is 0 Å². The lowest BCUT2D eigenvalue weighted by atomic mass is 9.89. The van der Waals surface area contributed by atoms with Gasteiger partial charge in [-0.25, -0.2) is 0 Å². The Hall–Kier alpha value is -2.46. The average molecular weight is 337 g/mol. The quantitative estimate of drug-likeness (QED) is 0.816. The molecule has 1 atom stereocenters. The van der Waals surface area contributed by atoms with E-state index >= 15 is 0 Å². The molecule has 0 saturated carbocycles. The Morgan fingerprint density at radius 1 is 1.00 bits per heavy atom. The fourth-order valence-corrected chi connectivity index (χ4v) is 3.42. The van der Waals surface area contributed by atoms with Gasteiger partial charge in [0.05, 0.1) is 6.42 Å². The Bertz CT molecular complexity index is 725. The number of nitrogens with zero attached hydrogens (tertiary/aromatic N) is 1. The van der Waals surface area contributed by atoms with Crippen molar-refractivity contribution in [1.29, 1.82) is 0 Å². The number of benzene rings is 2. The second-order valence-corrected chi connectivity index (χ2v) is 6.59. The first kappa shape index (κ1) is 17.4. The maximum Gasteiger partial charge on any atom is 0.304 e. The van der Waals surface area contributed by atoms with Crippen molar-refractivity contribution in [3.63, 3.8) is 0 Å². The van der Waals surface area contributed by atoms with Crippen molar-refractivity contribution in [2.24, 2.45) is 5.92 Å². The van der Waals surface area contributed by atoms with E-state index in [2.05, 4.69) is 17.0 Å². The van der Waals surface area contributed by atoms with Gasteiger partial charge < -0.3 is 10.0 Å². The Kier molecular flexibility index (Phi) is 5.61. The summed E-state index contributed by atoms with van der Waals surface area (Å²) in [5.41, 5.74) is 2.98. The van der Waals surface area contributed by atoms with Gasteiger partial charge in [-0.15, -0.1) is 0 Å². The van der Waals surface area contributed by atoms with Gasteiger partial charge in [-0.1, -0.05) is 54.6 Å². The number of carboxylic acids is 1. The van der Waals surface area contributed by atoms with E-state index < -0.39 is 5.97 Å². The molecular weight excluding hydrogens is 314 g/mol. The van der Waals surface area contributed by atoms with Crippen molar-refractivity contribution in [3.8, 4) is 11.1 Å². The molecule has 0 radical (unpaired) electrons. The van der Waals surface area contributed by atoms with Crippen LogP contribution in [0.15, 0.2) is 54.6 Å². The fraction of sp³-hybridized carbons (Fsp3) is 0.333. The average Bonchev–Trinajstić information content (AvgIpc) is 2.67.